The van der Waals surface area contributed by atoms with E-state index in [0.29, 0.717) is 37.7 Å². The number of likely N-dealkylation sites (N-methyl/N-ethyl adjacent to an activating group) is 1. The van der Waals surface area contributed by atoms with E-state index in [1.807, 2.05) is 48.5 Å². The molecule has 212 valence electrons. The van der Waals surface area contributed by atoms with E-state index >= 15 is 0 Å². The molecule has 4 aromatic rings. The molecular formula is C31H33FN6O2S. The summed E-state index contributed by atoms with van der Waals surface area (Å²) in [5.74, 6) is 0.0788. The first-order valence-electron chi connectivity index (χ1n) is 13.7. The third-order valence-electron chi connectivity index (χ3n) is 7.58. The Morgan fingerprint density at radius 3 is 2.71 bits per heavy atom. The number of H-pyrrole nitrogens is 1. The average Bonchev–Trinajstić information content (AvgIpc) is 3.55. The molecule has 6 rings (SSSR count). The number of ether oxygens (including phenoxy) is 1. The van der Waals surface area contributed by atoms with Crippen LogP contribution >= 0.6 is 11.9 Å². The molecule has 8 nitrogen and oxygen atoms in total. The van der Waals surface area contributed by atoms with Crippen LogP contribution in [0.1, 0.15) is 27.2 Å². The third kappa shape index (κ3) is 6.62. The first kappa shape index (κ1) is 27.5. The van der Waals surface area contributed by atoms with Crippen LogP contribution in [0, 0.1) is 5.82 Å². The van der Waals surface area contributed by atoms with E-state index < -0.39 is 0 Å². The Labute approximate surface area is 243 Å². The van der Waals surface area contributed by atoms with Crippen LogP contribution in [0.15, 0.2) is 83.8 Å². The van der Waals surface area contributed by atoms with Gasteiger partial charge in [-0.15, -0.1) is 0 Å². The maximum absolute atomic E-state index is 13.6. The summed E-state index contributed by atoms with van der Waals surface area (Å²) in [5, 5.41) is 10.3. The number of rotatable bonds is 9. The van der Waals surface area contributed by atoms with E-state index in [-0.39, 0.29) is 17.8 Å². The van der Waals surface area contributed by atoms with Crippen molar-refractivity contribution in [1.29, 1.82) is 0 Å². The zero-order valence-electron chi connectivity index (χ0n) is 22.9. The van der Waals surface area contributed by atoms with Gasteiger partial charge in [-0.05, 0) is 67.0 Å². The summed E-state index contributed by atoms with van der Waals surface area (Å²) < 4.78 is 21.7. The summed E-state index contributed by atoms with van der Waals surface area (Å²) in [5.41, 5.74) is 4.75. The number of amides is 1. The maximum atomic E-state index is 13.6. The summed E-state index contributed by atoms with van der Waals surface area (Å²) >= 11 is 1.49. The normalized spacial score (nSPS) is 17.5. The minimum Gasteiger partial charge on any atom is -0.375 e. The molecule has 0 bridgehead atoms. The molecule has 1 unspecified atom stereocenters. The summed E-state index contributed by atoms with van der Waals surface area (Å²) in [6.07, 6.45) is 0. The van der Waals surface area contributed by atoms with Crippen molar-refractivity contribution >= 4 is 29.4 Å². The zero-order chi connectivity index (χ0) is 28.2. The maximum Gasteiger partial charge on any atom is 0.256 e. The highest BCUT2D eigenvalue weighted by molar-refractivity contribution is 7.97. The first-order valence-corrected chi connectivity index (χ1v) is 14.5. The average molecular weight is 573 g/mol. The van der Waals surface area contributed by atoms with Gasteiger partial charge < -0.3 is 15.0 Å². The lowest BCUT2D eigenvalue weighted by molar-refractivity contribution is 0.0557. The number of aromatic amines is 1. The summed E-state index contributed by atoms with van der Waals surface area (Å²) in [7, 11) is 2.15. The van der Waals surface area contributed by atoms with Crippen LogP contribution in [-0.4, -0.2) is 64.6 Å². The molecule has 2 N–H and O–H groups in total. The predicted molar refractivity (Wildman–Crippen MR) is 159 cm³/mol. The number of aromatic nitrogens is 2. The van der Waals surface area contributed by atoms with Gasteiger partial charge in [-0.1, -0.05) is 36.4 Å². The number of carbonyl (C=O) groups excluding carboxylic acids is 1. The van der Waals surface area contributed by atoms with Crippen LogP contribution in [0.2, 0.25) is 0 Å². The Bertz CT molecular complexity index is 1480. The predicted octanol–water partition coefficient (Wildman–Crippen LogP) is 5.16. The molecule has 3 aromatic carbocycles. The smallest absolute Gasteiger partial charge is 0.256 e. The number of hydrogen-bond acceptors (Lipinski definition) is 7. The second-order valence-corrected chi connectivity index (χ2v) is 11.6. The third-order valence-corrected chi connectivity index (χ3v) is 8.56. The first-order chi connectivity index (χ1) is 20.0. The van der Waals surface area contributed by atoms with Gasteiger partial charge in [-0.3, -0.25) is 14.8 Å². The molecule has 0 spiro atoms. The van der Waals surface area contributed by atoms with Crippen molar-refractivity contribution in [2.45, 2.75) is 30.6 Å². The largest absolute Gasteiger partial charge is 0.375 e. The Morgan fingerprint density at radius 2 is 1.90 bits per heavy atom. The molecule has 3 heterocycles. The molecule has 1 fully saturated rings. The van der Waals surface area contributed by atoms with Gasteiger partial charge in [0.15, 0.2) is 5.82 Å². The van der Waals surface area contributed by atoms with Gasteiger partial charge >= 0.3 is 0 Å². The van der Waals surface area contributed by atoms with Crippen LogP contribution in [0.3, 0.4) is 0 Å². The molecule has 0 radical (unpaired) electrons. The number of nitrogens with zero attached hydrogens (tertiary/aromatic N) is 4. The Kier molecular flexibility index (Phi) is 8.33. The molecule has 10 heteroatoms. The molecular weight excluding hydrogens is 539 g/mol. The molecule has 2 aliphatic heterocycles. The monoisotopic (exact) mass is 572 g/mol. The number of nitrogens with one attached hydrogen (secondary N) is 2. The van der Waals surface area contributed by atoms with Crippen molar-refractivity contribution in [3.63, 3.8) is 0 Å². The van der Waals surface area contributed by atoms with Crippen molar-refractivity contribution in [1.82, 2.24) is 19.4 Å². The summed E-state index contributed by atoms with van der Waals surface area (Å²) in [6.45, 7) is 5.23. The van der Waals surface area contributed by atoms with E-state index in [0.717, 1.165) is 41.5 Å². The number of anilines is 2. The second kappa shape index (κ2) is 12.4. The van der Waals surface area contributed by atoms with Crippen molar-refractivity contribution < 1.29 is 13.9 Å². The van der Waals surface area contributed by atoms with E-state index in [4.69, 9.17) is 4.74 Å². The number of fused-ring (bicyclic) bond motifs is 1. The standard InChI is InChI=1S/C31H33FN6O2S/c1-36-14-15-37(17-26(36)21-40-20-22-6-3-2-4-7-22)25-12-10-23(11-13-25)31(39)33-30-28-18-38(19-29(28)34-35-30)41-27-9-5-8-24(32)16-27/h2-13,16,26H,14-15,17-21H2,1H3,(H2,33,34,35,39). The Morgan fingerprint density at radius 1 is 1.07 bits per heavy atom. The number of benzene rings is 3. The molecule has 1 amide bonds. The quantitative estimate of drug-likeness (QED) is 0.268. The Hall–Kier alpha value is -3.70. The lowest BCUT2D eigenvalue weighted by Gasteiger charge is -2.40. The van der Waals surface area contributed by atoms with Gasteiger partial charge in [0, 0.05) is 47.9 Å². The van der Waals surface area contributed by atoms with Gasteiger partial charge in [0.25, 0.3) is 5.91 Å². The van der Waals surface area contributed by atoms with Crippen LogP contribution in [0.4, 0.5) is 15.9 Å². The van der Waals surface area contributed by atoms with Crippen molar-refractivity contribution in [3.05, 3.63) is 107 Å². The van der Waals surface area contributed by atoms with Gasteiger partial charge in [0.1, 0.15) is 5.82 Å². The fourth-order valence-corrected chi connectivity index (χ4v) is 6.19. The lowest BCUT2D eigenvalue weighted by Crippen LogP contribution is -2.53. The number of carbonyl (C=O) groups is 1. The highest BCUT2D eigenvalue weighted by atomic mass is 32.2. The topological polar surface area (TPSA) is 76.7 Å². The summed E-state index contributed by atoms with van der Waals surface area (Å²) in [4.78, 5) is 18.6. The van der Waals surface area contributed by atoms with Crippen molar-refractivity contribution in [3.8, 4) is 0 Å². The molecule has 0 saturated carbocycles. The minimum absolute atomic E-state index is 0.201. The highest BCUT2D eigenvalue weighted by Gasteiger charge is 2.27. The fourth-order valence-electron chi connectivity index (χ4n) is 5.20. The van der Waals surface area contributed by atoms with Crippen molar-refractivity contribution in [2.24, 2.45) is 0 Å². The van der Waals surface area contributed by atoms with Gasteiger partial charge in [-0.2, -0.15) is 5.10 Å². The van der Waals surface area contributed by atoms with Crippen LogP contribution in [0.25, 0.3) is 0 Å². The molecule has 2 aliphatic rings. The van der Waals surface area contributed by atoms with Crippen LogP contribution < -0.4 is 10.2 Å². The van der Waals surface area contributed by atoms with E-state index in [9.17, 15) is 9.18 Å². The lowest BCUT2D eigenvalue weighted by atomic mass is 10.1. The molecule has 1 saturated heterocycles. The summed E-state index contributed by atoms with van der Waals surface area (Å²) in [6, 6.07) is 24.8. The van der Waals surface area contributed by atoms with Crippen LogP contribution in [0.5, 0.6) is 0 Å². The molecule has 1 aromatic heterocycles. The molecule has 41 heavy (non-hydrogen) atoms. The number of hydrogen-bond donors (Lipinski definition) is 2. The SMILES string of the molecule is CN1CCN(c2ccc(C(=O)Nc3n[nH]c4c3CN(Sc3cccc(F)c3)C4)cc2)CC1COCc1ccccc1. The number of piperazine rings is 1. The van der Waals surface area contributed by atoms with Crippen molar-refractivity contribution in [2.75, 3.05) is 43.5 Å². The van der Waals surface area contributed by atoms with E-state index in [1.165, 1.54) is 29.6 Å². The van der Waals surface area contributed by atoms with E-state index in [1.54, 1.807) is 6.07 Å². The van der Waals surface area contributed by atoms with Gasteiger partial charge in [0.05, 0.1) is 31.5 Å². The van der Waals surface area contributed by atoms with Gasteiger partial charge in [0.2, 0.25) is 0 Å². The minimum atomic E-state index is -0.256. The van der Waals surface area contributed by atoms with E-state index in [2.05, 4.69) is 48.8 Å². The molecule has 0 aliphatic carbocycles. The highest BCUT2D eigenvalue weighted by Crippen LogP contribution is 2.35. The van der Waals surface area contributed by atoms with Crippen LogP contribution in [-0.2, 0) is 24.4 Å². The fraction of sp³-hybridized carbons (Fsp3) is 0.290. The zero-order valence-corrected chi connectivity index (χ0v) is 23.7. The van der Waals surface area contributed by atoms with Gasteiger partial charge in [-0.25, -0.2) is 8.70 Å². The Balaban J connectivity index is 1.03. The molecule has 1 atom stereocenters. The second-order valence-electron chi connectivity index (χ2n) is 10.5. The number of halogens is 1.